The average molecular weight is 302 g/mol. The summed E-state index contributed by atoms with van der Waals surface area (Å²) in [6, 6.07) is 3.58. The number of nitrogens with zero attached hydrogens (tertiary/aromatic N) is 1. The van der Waals surface area contributed by atoms with Gasteiger partial charge in [-0.1, -0.05) is 0 Å². The Morgan fingerprint density at radius 2 is 2.10 bits per heavy atom. The van der Waals surface area contributed by atoms with Crippen LogP contribution in [-0.4, -0.2) is 10.9 Å². The summed E-state index contributed by atoms with van der Waals surface area (Å²) >= 11 is 1.38. The molecule has 0 saturated carbocycles. The summed E-state index contributed by atoms with van der Waals surface area (Å²) in [4.78, 5) is 16.5. The van der Waals surface area contributed by atoms with Gasteiger partial charge in [0.2, 0.25) is 0 Å². The molecule has 0 atom stereocenters. The summed E-state index contributed by atoms with van der Waals surface area (Å²) in [5.41, 5.74) is 2.26. The highest BCUT2D eigenvalue weighted by Gasteiger charge is 2.15. The maximum Gasteiger partial charge on any atom is 0.260 e. The number of amides is 1. The van der Waals surface area contributed by atoms with Gasteiger partial charge in [-0.2, -0.15) is 0 Å². The van der Waals surface area contributed by atoms with Crippen molar-refractivity contribution in [2.24, 2.45) is 0 Å². The molecule has 1 N–H and O–H groups in total. The summed E-state index contributed by atoms with van der Waals surface area (Å²) < 4.78 is 10.6. The van der Waals surface area contributed by atoms with Gasteiger partial charge in [0.25, 0.3) is 5.91 Å². The van der Waals surface area contributed by atoms with Crippen molar-refractivity contribution in [3.8, 4) is 11.3 Å². The van der Waals surface area contributed by atoms with Crippen molar-refractivity contribution >= 4 is 22.4 Å². The molecule has 0 spiro atoms. The summed E-state index contributed by atoms with van der Waals surface area (Å²) in [6.07, 6.45) is 1.50. The lowest BCUT2D eigenvalue weighted by Gasteiger charge is -1.99. The summed E-state index contributed by atoms with van der Waals surface area (Å²) in [7, 11) is 0. The van der Waals surface area contributed by atoms with Crippen molar-refractivity contribution in [3.63, 3.8) is 0 Å². The Labute approximate surface area is 125 Å². The van der Waals surface area contributed by atoms with Crippen molar-refractivity contribution in [2.75, 3.05) is 5.32 Å². The zero-order valence-electron chi connectivity index (χ0n) is 11.9. The number of hydrogen-bond donors (Lipinski definition) is 1. The van der Waals surface area contributed by atoms with Crippen LogP contribution < -0.4 is 5.32 Å². The van der Waals surface area contributed by atoms with Crippen molar-refractivity contribution in [2.45, 2.75) is 20.8 Å². The Hall–Kier alpha value is -2.34. The van der Waals surface area contributed by atoms with Gasteiger partial charge >= 0.3 is 0 Å². The summed E-state index contributed by atoms with van der Waals surface area (Å²) in [6.45, 7) is 5.54. The van der Waals surface area contributed by atoms with Crippen LogP contribution in [0.5, 0.6) is 0 Å². The Morgan fingerprint density at radius 3 is 2.71 bits per heavy atom. The van der Waals surface area contributed by atoms with E-state index in [1.54, 1.807) is 13.0 Å². The molecule has 0 radical (unpaired) electrons. The molecular weight excluding hydrogens is 288 g/mol. The van der Waals surface area contributed by atoms with Gasteiger partial charge < -0.3 is 8.83 Å². The molecule has 5 nitrogen and oxygen atoms in total. The first-order valence-corrected chi connectivity index (χ1v) is 7.31. The van der Waals surface area contributed by atoms with Crippen molar-refractivity contribution in [1.82, 2.24) is 4.98 Å². The van der Waals surface area contributed by atoms with Gasteiger partial charge in [-0.3, -0.25) is 10.1 Å². The number of carbonyl (C=O) groups is 1. The molecule has 3 aromatic heterocycles. The summed E-state index contributed by atoms with van der Waals surface area (Å²) in [5, 5.41) is 5.23. The zero-order chi connectivity index (χ0) is 15.0. The van der Waals surface area contributed by atoms with Crippen molar-refractivity contribution < 1.29 is 13.6 Å². The van der Waals surface area contributed by atoms with Crippen LogP contribution in [0.3, 0.4) is 0 Å². The maximum absolute atomic E-state index is 12.1. The molecule has 0 saturated heterocycles. The van der Waals surface area contributed by atoms with Gasteiger partial charge in [-0.15, -0.1) is 11.3 Å². The molecule has 0 bridgehead atoms. The normalized spacial score (nSPS) is 10.8. The van der Waals surface area contributed by atoms with Crippen LogP contribution in [0.15, 0.2) is 32.6 Å². The topological polar surface area (TPSA) is 68.3 Å². The lowest BCUT2D eigenvalue weighted by atomic mass is 10.2. The van der Waals surface area contributed by atoms with Crippen LogP contribution in [0.1, 0.15) is 27.6 Å². The minimum Gasteiger partial charge on any atom is -0.469 e. The zero-order valence-corrected chi connectivity index (χ0v) is 12.7. The molecule has 0 aliphatic carbocycles. The number of aromatic nitrogens is 1. The molecule has 3 heterocycles. The molecule has 1 amide bonds. The minimum absolute atomic E-state index is 0.220. The van der Waals surface area contributed by atoms with E-state index in [0.717, 1.165) is 22.8 Å². The van der Waals surface area contributed by atoms with Gasteiger partial charge in [0.15, 0.2) is 5.13 Å². The second-order valence-corrected chi connectivity index (χ2v) is 5.57. The average Bonchev–Trinajstić information content (AvgIpc) is 3.10. The van der Waals surface area contributed by atoms with Gasteiger partial charge in [0.05, 0.1) is 17.5 Å². The van der Waals surface area contributed by atoms with Crippen LogP contribution in [-0.2, 0) is 0 Å². The van der Waals surface area contributed by atoms with Crippen LogP contribution in [0.2, 0.25) is 0 Å². The highest BCUT2D eigenvalue weighted by atomic mass is 32.1. The third kappa shape index (κ3) is 2.62. The Morgan fingerprint density at radius 1 is 1.29 bits per heavy atom. The second kappa shape index (κ2) is 5.21. The van der Waals surface area contributed by atoms with Gasteiger partial charge in [0, 0.05) is 10.9 Å². The predicted octanol–water partition coefficient (Wildman–Crippen LogP) is 4.17. The minimum atomic E-state index is -0.220. The van der Waals surface area contributed by atoms with Crippen LogP contribution in [0.4, 0.5) is 5.13 Å². The molecule has 0 fully saturated rings. The van der Waals surface area contributed by atoms with E-state index in [4.69, 9.17) is 8.83 Å². The number of aryl methyl sites for hydroxylation is 3. The van der Waals surface area contributed by atoms with E-state index in [2.05, 4.69) is 10.3 Å². The standard InChI is InChI=1S/C15H14N2O3S/c1-8-6-12(10(3)20-8)13-7-21-15(16-13)17-14(18)11-4-5-19-9(11)2/h4-7H,1-3H3,(H,16,17,18). The van der Waals surface area contributed by atoms with Crippen molar-refractivity contribution in [1.29, 1.82) is 0 Å². The first-order chi connectivity index (χ1) is 10.0. The first-order valence-electron chi connectivity index (χ1n) is 6.43. The van der Waals surface area contributed by atoms with E-state index in [0.29, 0.717) is 16.5 Å². The molecule has 0 unspecified atom stereocenters. The Bertz CT molecular complexity index is 798. The fourth-order valence-corrected chi connectivity index (χ4v) is 2.83. The highest BCUT2D eigenvalue weighted by molar-refractivity contribution is 7.14. The molecule has 0 aromatic carbocycles. The van der Waals surface area contributed by atoms with E-state index in [1.807, 2.05) is 25.3 Å². The number of carbonyl (C=O) groups excluding carboxylic acids is 1. The van der Waals surface area contributed by atoms with Crippen LogP contribution in [0.25, 0.3) is 11.3 Å². The van der Waals surface area contributed by atoms with Gasteiger partial charge in [0.1, 0.15) is 17.3 Å². The SMILES string of the molecule is Cc1cc(-c2csc(NC(=O)c3ccoc3C)n2)c(C)o1. The number of furan rings is 2. The number of anilines is 1. The summed E-state index contributed by atoms with van der Waals surface area (Å²) in [5.74, 6) is 2.03. The smallest absolute Gasteiger partial charge is 0.260 e. The van der Waals surface area contributed by atoms with Crippen molar-refractivity contribution in [3.05, 3.63) is 46.6 Å². The predicted molar refractivity (Wildman–Crippen MR) is 80.7 cm³/mol. The molecule has 0 aliphatic heterocycles. The lowest BCUT2D eigenvalue weighted by Crippen LogP contribution is -2.11. The molecule has 108 valence electrons. The third-order valence-corrected chi connectivity index (χ3v) is 3.90. The quantitative estimate of drug-likeness (QED) is 0.788. The highest BCUT2D eigenvalue weighted by Crippen LogP contribution is 2.29. The van der Waals surface area contributed by atoms with E-state index < -0.39 is 0 Å². The molecule has 6 heteroatoms. The number of hydrogen-bond acceptors (Lipinski definition) is 5. The molecule has 3 aromatic rings. The van der Waals surface area contributed by atoms with E-state index in [1.165, 1.54) is 17.6 Å². The van der Waals surface area contributed by atoms with E-state index >= 15 is 0 Å². The Balaban J connectivity index is 1.81. The second-order valence-electron chi connectivity index (χ2n) is 4.71. The van der Waals surface area contributed by atoms with E-state index in [9.17, 15) is 4.79 Å². The maximum atomic E-state index is 12.1. The third-order valence-electron chi connectivity index (χ3n) is 3.15. The fraction of sp³-hybridized carbons (Fsp3) is 0.200. The monoisotopic (exact) mass is 302 g/mol. The lowest BCUT2D eigenvalue weighted by molar-refractivity contribution is 0.102. The molecule has 0 aliphatic rings. The van der Waals surface area contributed by atoms with Gasteiger partial charge in [-0.05, 0) is 32.9 Å². The van der Waals surface area contributed by atoms with Crippen LogP contribution in [0, 0.1) is 20.8 Å². The molecular formula is C15H14N2O3S. The largest absolute Gasteiger partial charge is 0.469 e. The van der Waals surface area contributed by atoms with Gasteiger partial charge in [-0.25, -0.2) is 4.98 Å². The Kier molecular flexibility index (Phi) is 3.39. The number of thiazole rings is 1. The van der Waals surface area contributed by atoms with E-state index in [-0.39, 0.29) is 5.91 Å². The van der Waals surface area contributed by atoms with Crippen LogP contribution >= 0.6 is 11.3 Å². The fourth-order valence-electron chi connectivity index (χ4n) is 2.12. The number of nitrogens with one attached hydrogen (secondary N) is 1. The first kappa shape index (κ1) is 13.6. The molecule has 21 heavy (non-hydrogen) atoms. The number of rotatable bonds is 3. The molecule has 3 rings (SSSR count).